The van der Waals surface area contributed by atoms with Gasteiger partial charge in [-0.25, -0.2) is 0 Å². The third kappa shape index (κ3) is 5.94. The zero-order chi connectivity index (χ0) is 20.4. The number of aliphatic imine (C=N–C) groups is 1. The van der Waals surface area contributed by atoms with Crippen molar-refractivity contribution in [3.05, 3.63) is 47.9 Å². The molecule has 0 aliphatic carbocycles. The predicted octanol–water partition coefficient (Wildman–Crippen LogP) is 1.78. The maximum Gasteiger partial charge on any atom is 0.287 e. The number of carbonyl (C=O) groups is 1. The molecule has 152 valence electrons. The van der Waals surface area contributed by atoms with E-state index in [-0.39, 0.29) is 5.91 Å². The molecule has 0 radical (unpaired) electrons. The van der Waals surface area contributed by atoms with Crippen LogP contribution in [0.15, 0.2) is 46.0 Å². The van der Waals surface area contributed by atoms with Crippen molar-refractivity contribution >= 4 is 11.9 Å². The van der Waals surface area contributed by atoms with E-state index < -0.39 is 0 Å². The minimum absolute atomic E-state index is 0.233. The number of nitrogens with one attached hydrogen (secondary N) is 2. The van der Waals surface area contributed by atoms with E-state index in [1.165, 1.54) is 6.26 Å². The third-order valence-corrected chi connectivity index (χ3v) is 4.20. The molecule has 1 aromatic carbocycles. The number of ether oxygens (including phenoxy) is 2. The lowest BCUT2D eigenvalue weighted by Crippen LogP contribution is -2.43. The summed E-state index contributed by atoms with van der Waals surface area (Å²) >= 11 is 0. The van der Waals surface area contributed by atoms with E-state index in [0.717, 1.165) is 30.2 Å². The zero-order valence-electron chi connectivity index (χ0n) is 16.8. The second-order valence-corrected chi connectivity index (χ2v) is 6.07. The summed E-state index contributed by atoms with van der Waals surface area (Å²) in [6.45, 7) is 1.79. The molecule has 28 heavy (non-hydrogen) atoms. The number of carbonyl (C=O) groups excluding carboxylic acids is 1. The Balaban J connectivity index is 1.77. The fraction of sp³-hybridized carbons (Fsp3) is 0.400. The van der Waals surface area contributed by atoms with Gasteiger partial charge in [-0.1, -0.05) is 6.07 Å². The number of methoxy groups -OCH3 is 2. The number of likely N-dealkylation sites (N-methyl/N-ethyl adjacent to an activating group) is 1. The first kappa shape index (κ1) is 21.1. The average Bonchev–Trinajstić information content (AvgIpc) is 3.26. The van der Waals surface area contributed by atoms with Crippen LogP contribution in [0.3, 0.4) is 0 Å². The molecular formula is C20H28N4O4. The number of hydrogen-bond acceptors (Lipinski definition) is 5. The number of nitrogens with zero attached hydrogens (tertiary/aromatic N) is 2. The molecule has 0 unspecified atom stereocenters. The van der Waals surface area contributed by atoms with E-state index in [1.54, 1.807) is 33.4 Å². The molecule has 1 aromatic heterocycles. The minimum atomic E-state index is -0.233. The van der Waals surface area contributed by atoms with Crippen molar-refractivity contribution in [2.24, 2.45) is 4.99 Å². The van der Waals surface area contributed by atoms with Gasteiger partial charge in [0.05, 0.1) is 20.5 Å². The van der Waals surface area contributed by atoms with Crippen LogP contribution in [0.5, 0.6) is 11.5 Å². The van der Waals surface area contributed by atoms with Gasteiger partial charge in [0, 0.05) is 33.7 Å². The molecule has 0 aliphatic rings. The summed E-state index contributed by atoms with van der Waals surface area (Å²) in [7, 11) is 6.95. The summed E-state index contributed by atoms with van der Waals surface area (Å²) in [5.74, 6) is 2.26. The zero-order valence-corrected chi connectivity index (χ0v) is 16.8. The van der Waals surface area contributed by atoms with E-state index in [2.05, 4.69) is 15.6 Å². The highest BCUT2D eigenvalue weighted by molar-refractivity contribution is 5.91. The summed E-state index contributed by atoms with van der Waals surface area (Å²) < 4.78 is 15.7. The van der Waals surface area contributed by atoms with Gasteiger partial charge in [0.25, 0.3) is 5.91 Å². The van der Waals surface area contributed by atoms with Gasteiger partial charge in [-0.2, -0.15) is 0 Å². The lowest BCUT2D eigenvalue weighted by molar-refractivity contribution is 0.0926. The quantitative estimate of drug-likeness (QED) is 0.387. The van der Waals surface area contributed by atoms with Crippen molar-refractivity contribution in [2.75, 3.05) is 47.9 Å². The summed E-state index contributed by atoms with van der Waals surface area (Å²) in [6.07, 6.45) is 2.30. The molecule has 0 spiro atoms. The Bertz CT molecular complexity index is 775. The molecule has 0 fully saturated rings. The Labute approximate surface area is 165 Å². The lowest BCUT2D eigenvalue weighted by Gasteiger charge is -2.22. The molecule has 8 heteroatoms. The van der Waals surface area contributed by atoms with Crippen LogP contribution in [0.25, 0.3) is 0 Å². The van der Waals surface area contributed by atoms with Crippen LogP contribution in [0.4, 0.5) is 0 Å². The molecule has 0 saturated heterocycles. The number of rotatable bonds is 9. The molecule has 2 aromatic rings. The van der Waals surface area contributed by atoms with Gasteiger partial charge in [0.2, 0.25) is 0 Å². The van der Waals surface area contributed by atoms with E-state index >= 15 is 0 Å². The van der Waals surface area contributed by atoms with Crippen LogP contribution in [-0.2, 0) is 6.42 Å². The van der Waals surface area contributed by atoms with Crippen molar-refractivity contribution in [1.29, 1.82) is 0 Å². The Kier molecular flexibility index (Phi) is 8.20. The molecule has 2 rings (SSSR count). The Morgan fingerprint density at radius 1 is 1.14 bits per heavy atom. The van der Waals surface area contributed by atoms with Gasteiger partial charge in [0.1, 0.15) is 0 Å². The Morgan fingerprint density at radius 3 is 2.54 bits per heavy atom. The highest BCUT2D eigenvalue weighted by Gasteiger charge is 2.10. The molecular weight excluding hydrogens is 360 g/mol. The van der Waals surface area contributed by atoms with Gasteiger partial charge in [-0.3, -0.25) is 9.79 Å². The van der Waals surface area contributed by atoms with E-state index in [1.807, 2.05) is 30.1 Å². The monoisotopic (exact) mass is 388 g/mol. The number of benzene rings is 1. The number of amides is 1. The largest absolute Gasteiger partial charge is 0.493 e. The molecule has 8 nitrogen and oxygen atoms in total. The van der Waals surface area contributed by atoms with E-state index in [4.69, 9.17) is 13.9 Å². The van der Waals surface area contributed by atoms with Gasteiger partial charge in [-0.15, -0.1) is 0 Å². The fourth-order valence-corrected chi connectivity index (χ4v) is 2.67. The van der Waals surface area contributed by atoms with Crippen molar-refractivity contribution in [3.63, 3.8) is 0 Å². The summed E-state index contributed by atoms with van der Waals surface area (Å²) in [5, 5.41) is 6.02. The molecule has 0 saturated carbocycles. The van der Waals surface area contributed by atoms with Gasteiger partial charge < -0.3 is 29.4 Å². The second kappa shape index (κ2) is 10.9. The number of guanidine groups is 1. The van der Waals surface area contributed by atoms with Gasteiger partial charge >= 0.3 is 0 Å². The smallest absolute Gasteiger partial charge is 0.287 e. The van der Waals surface area contributed by atoms with Crippen molar-refractivity contribution in [3.8, 4) is 11.5 Å². The van der Waals surface area contributed by atoms with Crippen molar-refractivity contribution in [1.82, 2.24) is 15.5 Å². The SMILES string of the molecule is CN=C(NCCNC(=O)c1ccco1)N(C)CCc1ccc(OC)c(OC)c1. The minimum Gasteiger partial charge on any atom is -0.493 e. The molecule has 0 atom stereocenters. The van der Waals surface area contributed by atoms with Crippen molar-refractivity contribution < 1.29 is 18.7 Å². The van der Waals surface area contributed by atoms with Gasteiger partial charge in [-0.05, 0) is 36.2 Å². The first-order chi connectivity index (χ1) is 13.6. The molecule has 0 aliphatic heterocycles. The average molecular weight is 388 g/mol. The first-order valence-electron chi connectivity index (χ1n) is 9.03. The standard InChI is InChI=1S/C20H28N4O4/c1-21-20(23-11-10-22-19(25)17-6-5-13-28-17)24(2)12-9-15-7-8-16(26-3)18(14-15)27-4/h5-8,13-14H,9-12H2,1-4H3,(H,21,23)(H,22,25). The number of hydrogen-bond donors (Lipinski definition) is 2. The first-order valence-corrected chi connectivity index (χ1v) is 9.03. The normalized spacial score (nSPS) is 11.1. The van der Waals surface area contributed by atoms with Crippen LogP contribution in [0.2, 0.25) is 0 Å². The van der Waals surface area contributed by atoms with Crippen LogP contribution < -0.4 is 20.1 Å². The highest BCUT2D eigenvalue weighted by atomic mass is 16.5. The molecule has 1 heterocycles. The summed E-state index contributed by atoms with van der Waals surface area (Å²) in [6, 6.07) is 9.22. The third-order valence-electron chi connectivity index (χ3n) is 4.20. The van der Waals surface area contributed by atoms with E-state index in [9.17, 15) is 4.79 Å². The van der Waals surface area contributed by atoms with Crippen LogP contribution in [-0.4, -0.2) is 64.7 Å². The lowest BCUT2D eigenvalue weighted by atomic mass is 10.1. The van der Waals surface area contributed by atoms with Crippen LogP contribution >= 0.6 is 0 Å². The topological polar surface area (TPSA) is 88.3 Å². The molecule has 2 N–H and O–H groups in total. The Morgan fingerprint density at radius 2 is 1.89 bits per heavy atom. The number of furan rings is 1. The fourth-order valence-electron chi connectivity index (χ4n) is 2.67. The summed E-state index contributed by atoms with van der Waals surface area (Å²) in [4.78, 5) is 18.1. The van der Waals surface area contributed by atoms with Crippen LogP contribution in [0.1, 0.15) is 16.1 Å². The van der Waals surface area contributed by atoms with Gasteiger partial charge in [0.15, 0.2) is 23.2 Å². The summed E-state index contributed by atoms with van der Waals surface area (Å²) in [5.41, 5.74) is 1.14. The highest BCUT2D eigenvalue weighted by Crippen LogP contribution is 2.27. The predicted molar refractivity (Wildman–Crippen MR) is 108 cm³/mol. The second-order valence-electron chi connectivity index (χ2n) is 6.07. The van der Waals surface area contributed by atoms with E-state index in [0.29, 0.717) is 24.6 Å². The Hall–Kier alpha value is -3.16. The molecule has 1 amide bonds. The van der Waals surface area contributed by atoms with Crippen molar-refractivity contribution in [2.45, 2.75) is 6.42 Å². The molecule has 0 bridgehead atoms. The van der Waals surface area contributed by atoms with Crippen LogP contribution in [0, 0.1) is 0 Å². The maximum absolute atomic E-state index is 11.8. The maximum atomic E-state index is 11.8.